The SMILES string of the molecule is COC(=O)c1ccc(OC)c(NS(=O)(=O)c2cccc(C)c2)c1. The second-order valence-electron chi connectivity index (χ2n) is 4.83. The number of sulfonamides is 1. The van der Waals surface area contributed by atoms with Crippen LogP contribution < -0.4 is 9.46 Å². The molecule has 0 atom stereocenters. The van der Waals surface area contributed by atoms with Crippen LogP contribution in [-0.2, 0) is 14.8 Å². The number of anilines is 1. The molecule has 0 bridgehead atoms. The van der Waals surface area contributed by atoms with Crippen LogP contribution >= 0.6 is 0 Å². The standard InChI is InChI=1S/C16H17NO5S/c1-11-5-4-6-13(9-11)23(19,20)17-14-10-12(16(18)22-3)7-8-15(14)21-2/h4-10,17H,1-3H3. The van der Waals surface area contributed by atoms with Crippen molar-refractivity contribution in [2.45, 2.75) is 11.8 Å². The van der Waals surface area contributed by atoms with Crippen molar-refractivity contribution >= 4 is 21.7 Å². The van der Waals surface area contributed by atoms with E-state index in [4.69, 9.17) is 4.74 Å². The molecule has 0 aromatic heterocycles. The van der Waals surface area contributed by atoms with Crippen LogP contribution in [0.5, 0.6) is 5.75 Å². The first-order chi connectivity index (χ1) is 10.9. The van der Waals surface area contributed by atoms with Gasteiger partial charge < -0.3 is 9.47 Å². The number of carbonyl (C=O) groups excluding carboxylic acids is 1. The zero-order chi connectivity index (χ0) is 17.0. The molecule has 2 aromatic rings. The Morgan fingerprint density at radius 3 is 2.43 bits per heavy atom. The summed E-state index contributed by atoms with van der Waals surface area (Å²) >= 11 is 0. The molecule has 0 radical (unpaired) electrons. The summed E-state index contributed by atoms with van der Waals surface area (Å²) in [6.07, 6.45) is 0. The summed E-state index contributed by atoms with van der Waals surface area (Å²) < 4.78 is 37.2. The molecule has 0 aliphatic heterocycles. The fourth-order valence-corrected chi connectivity index (χ4v) is 3.18. The average Bonchev–Trinajstić information content (AvgIpc) is 2.53. The maximum Gasteiger partial charge on any atom is 0.337 e. The van der Waals surface area contributed by atoms with Gasteiger partial charge in [-0.1, -0.05) is 12.1 Å². The van der Waals surface area contributed by atoms with E-state index in [2.05, 4.69) is 9.46 Å². The van der Waals surface area contributed by atoms with Crippen molar-refractivity contribution in [1.29, 1.82) is 0 Å². The molecule has 1 N–H and O–H groups in total. The van der Waals surface area contributed by atoms with Gasteiger partial charge in [0.2, 0.25) is 0 Å². The highest BCUT2D eigenvalue weighted by atomic mass is 32.2. The van der Waals surface area contributed by atoms with E-state index in [1.165, 1.54) is 38.5 Å². The number of carbonyl (C=O) groups is 1. The van der Waals surface area contributed by atoms with E-state index in [0.29, 0.717) is 5.75 Å². The molecule has 6 nitrogen and oxygen atoms in total. The molecule has 0 unspecified atom stereocenters. The van der Waals surface area contributed by atoms with E-state index in [1.807, 2.05) is 0 Å². The summed E-state index contributed by atoms with van der Waals surface area (Å²) in [6.45, 7) is 1.80. The van der Waals surface area contributed by atoms with E-state index < -0.39 is 16.0 Å². The Kier molecular flexibility index (Phi) is 4.90. The molecular weight excluding hydrogens is 318 g/mol. The van der Waals surface area contributed by atoms with Crippen molar-refractivity contribution in [3.8, 4) is 5.75 Å². The zero-order valence-electron chi connectivity index (χ0n) is 13.0. The molecule has 0 aliphatic carbocycles. The third-order valence-corrected chi connectivity index (χ3v) is 4.53. The highest BCUT2D eigenvalue weighted by Gasteiger charge is 2.18. The molecule has 23 heavy (non-hydrogen) atoms. The lowest BCUT2D eigenvalue weighted by atomic mass is 10.2. The fourth-order valence-electron chi connectivity index (χ4n) is 2.02. The van der Waals surface area contributed by atoms with Crippen LogP contribution in [0.3, 0.4) is 0 Å². The van der Waals surface area contributed by atoms with Crippen molar-refractivity contribution in [1.82, 2.24) is 0 Å². The Morgan fingerprint density at radius 1 is 1.09 bits per heavy atom. The minimum absolute atomic E-state index is 0.128. The highest BCUT2D eigenvalue weighted by molar-refractivity contribution is 7.92. The minimum Gasteiger partial charge on any atom is -0.495 e. The first-order valence-electron chi connectivity index (χ1n) is 6.73. The second kappa shape index (κ2) is 6.70. The van der Waals surface area contributed by atoms with Gasteiger partial charge in [0.15, 0.2) is 0 Å². The van der Waals surface area contributed by atoms with Crippen molar-refractivity contribution in [3.63, 3.8) is 0 Å². The molecule has 0 amide bonds. The van der Waals surface area contributed by atoms with Crippen molar-refractivity contribution < 1.29 is 22.7 Å². The molecule has 0 fully saturated rings. The predicted molar refractivity (Wildman–Crippen MR) is 86.3 cm³/mol. The molecule has 0 heterocycles. The number of aryl methyl sites for hydroxylation is 1. The number of esters is 1. The second-order valence-corrected chi connectivity index (χ2v) is 6.51. The predicted octanol–water partition coefficient (Wildman–Crippen LogP) is 2.59. The number of ether oxygens (including phenoxy) is 2. The Bertz CT molecular complexity index is 830. The van der Waals surface area contributed by atoms with Crippen molar-refractivity contribution in [2.24, 2.45) is 0 Å². The van der Waals surface area contributed by atoms with Gasteiger partial charge >= 0.3 is 5.97 Å². The van der Waals surface area contributed by atoms with E-state index >= 15 is 0 Å². The number of hydrogen-bond acceptors (Lipinski definition) is 5. The molecule has 0 saturated carbocycles. The quantitative estimate of drug-likeness (QED) is 0.849. The van der Waals surface area contributed by atoms with Crippen LogP contribution in [0.15, 0.2) is 47.4 Å². The number of methoxy groups -OCH3 is 2. The Balaban J connectivity index is 2.43. The van der Waals surface area contributed by atoms with Gasteiger partial charge in [-0.2, -0.15) is 0 Å². The van der Waals surface area contributed by atoms with Crippen LogP contribution in [0.4, 0.5) is 5.69 Å². The Labute approximate surface area is 135 Å². The van der Waals surface area contributed by atoms with Gasteiger partial charge in [-0.3, -0.25) is 4.72 Å². The first-order valence-corrected chi connectivity index (χ1v) is 8.21. The smallest absolute Gasteiger partial charge is 0.337 e. The monoisotopic (exact) mass is 335 g/mol. The molecular formula is C16H17NO5S. The van der Waals surface area contributed by atoms with Gasteiger partial charge in [-0.15, -0.1) is 0 Å². The number of hydrogen-bond donors (Lipinski definition) is 1. The van der Waals surface area contributed by atoms with Crippen LogP contribution in [0.2, 0.25) is 0 Å². The lowest BCUT2D eigenvalue weighted by Gasteiger charge is -2.13. The summed E-state index contributed by atoms with van der Waals surface area (Å²) in [5, 5.41) is 0. The van der Waals surface area contributed by atoms with Gasteiger partial charge in [0, 0.05) is 0 Å². The van der Waals surface area contributed by atoms with Gasteiger partial charge in [0.05, 0.1) is 30.4 Å². The molecule has 0 aliphatic rings. The summed E-state index contributed by atoms with van der Waals surface area (Å²) in [7, 11) is -1.13. The average molecular weight is 335 g/mol. The van der Waals surface area contributed by atoms with Gasteiger partial charge in [0.1, 0.15) is 5.75 Å². The van der Waals surface area contributed by atoms with Crippen LogP contribution in [0.25, 0.3) is 0 Å². The molecule has 0 spiro atoms. The van der Waals surface area contributed by atoms with Gasteiger partial charge in [-0.05, 0) is 42.8 Å². The van der Waals surface area contributed by atoms with E-state index in [9.17, 15) is 13.2 Å². The molecule has 122 valence electrons. The number of nitrogens with one attached hydrogen (secondary N) is 1. The lowest BCUT2D eigenvalue weighted by molar-refractivity contribution is 0.0600. The van der Waals surface area contributed by atoms with Crippen molar-refractivity contribution in [2.75, 3.05) is 18.9 Å². The number of benzene rings is 2. The fraction of sp³-hybridized carbons (Fsp3) is 0.188. The van der Waals surface area contributed by atoms with E-state index in [1.54, 1.807) is 25.1 Å². The van der Waals surface area contributed by atoms with E-state index in [-0.39, 0.29) is 16.1 Å². The third kappa shape index (κ3) is 3.81. The van der Waals surface area contributed by atoms with Crippen LogP contribution in [0.1, 0.15) is 15.9 Å². The first kappa shape index (κ1) is 16.8. The number of rotatable bonds is 5. The molecule has 0 saturated heterocycles. The molecule has 7 heteroatoms. The van der Waals surface area contributed by atoms with Crippen molar-refractivity contribution in [3.05, 3.63) is 53.6 Å². The molecule has 2 aromatic carbocycles. The maximum atomic E-state index is 12.5. The Hall–Kier alpha value is -2.54. The summed E-state index contributed by atoms with van der Waals surface area (Å²) in [4.78, 5) is 11.7. The normalized spacial score (nSPS) is 10.9. The summed E-state index contributed by atoms with van der Waals surface area (Å²) in [5.41, 5.74) is 1.20. The summed E-state index contributed by atoms with van der Waals surface area (Å²) in [6, 6.07) is 10.9. The Morgan fingerprint density at radius 2 is 1.83 bits per heavy atom. The lowest BCUT2D eigenvalue weighted by Crippen LogP contribution is -2.14. The largest absolute Gasteiger partial charge is 0.495 e. The topological polar surface area (TPSA) is 81.7 Å². The molecule has 2 rings (SSSR count). The third-order valence-electron chi connectivity index (χ3n) is 3.16. The van der Waals surface area contributed by atoms with Gasteiger partial charge in [-0.25, -0.2) is 13.2 Å². The van der Waals surface area contributed by atoms with E-state index in [0.717, 1.165) is 5.56 Å². The summed E-state index contributed by atoms with van der Waals surface area (Å²) in [5.74, 6) is -0.266. The van der Waals surface area contributed by atoms with Crippen LogP contribution in [-0.4, -0.2) is 28.6 Å². The van der Waals surface area contributed by atoms with Crippen LogP contribution in [0, 0.1) is 6.92 Å². The van der Waals surface area contributed by atoms with Gasteiger partial charge in [0.25, 0.3) is 10.0 Å². The maximum absolute atomic E-state index is 12.5. The minimum atomic E-state index is -3.80. The highest BCUT2D eigenvalue weighted by Crippen LogP contribution is 2.28. The zero-order valence-corrected chi connectivity index (χ0v) is 13.8.